The van der Waals surface area contributed by atoms with Crippen molar-refractivity contribution in [1.82, 2.24) is 15.1 Å². The maximum Gasteiger partial charge on any atom is 0.232 e. The van der Waals surface area contributed by atoms with Crippen molar-refractivity contribution >= 4 is 28.3 Å². The summed E-state index contributed by atoms with van der Waals surface area (Å²) in [7, 11) is 1.76. The molecule has 1 aromatic heterocycles. The monoisotopic (exact) mass is 384 g/mol. The Hall–Kier alpha value is -2.28. The van der Waals surface area contributed by atoms with Crippen LogP contribution >= 0.6 is 11.3 Å². The molecule has 1 N–H and O–H groups in total. The largest absolute Gasteiger partial charge is 0.338 e. The predicted molar refractivity (Wildman–Crippen MR) is 104 cm³/mol. The summed E-state index contributed by atoms with van der Waals surface area (Å²) >= 11 is 1.47. The maximum absolute atomic E-state index is 12.9. The topological polar surface area (TPSA) is 75.2 Å². The first-order valence-corrected chi connectivity index (χ1v) is 10.4. The van der Waals surface area contributed by atoms with Gasteiger partial charge < -0.3 is 10.2 Å². The molecular weight excluding hydrogens is 360 g/mol. The first-order valence-electron chi connectivity index (χ1n) is 9.58. The second-order valence-corrected chi connectivity index (χ2v) is 8.45. The molecule has 4 rings (SSSR count). The molecule has 27 heavy (non-hydrogen) atoms. The molecule has 2 atom stereocenters. The number of aromatic nitrogens is 2. The highest BCUT2D eigenvalue weighted by Gasteiger charge is 2.42. The minimum atomic E-state index is -0.424. The lowest BCUT2D eigenvalue weighted by Crippen LogP contribution is -2.29. The summed E-state index contributed by atoms with van der Waals surface area (Å²) in [5.74, 6) is -0.123. The lowest BCUT2D eigenvalue weighted by atomic mass is 9.90. The molecule has 7 heteroatoms. The molecule has 0 bridgehead atoms. The van der Waals surface area contributed by atoms with Gasteiger partial charge in [0.05, 0.1) is 12.0 Å². The highest BCUT2D eigenvalue weighted by atomic mass is 32.1. The minimum Gasteiger partial charge on any atom is -0.338 e. The number of nitrogens with one attached hydrogen (secondary N) is 1. The van der Waals surface area contributed by atoms with Gasteiger partial charge in [-0.1, -0.05) is 60.9 Å². The van der Waals surface area contributed by atoms with Crippen molar-refractivity contribution in [1.29, 1.82) is 0 Å². The first-order chi connectivity index (χ1) is 13.1. The van der Waals surface area contributed by atoms with Crippen LogP contribution in [0.25, 0.3) is 0 Å². The van der Waals surface area contributed by atoms with Gasteiger partial charge in [0, 0.05) is 19.4 Å². The highest BCUT2D eigenvalue weighted by molar-refractivity contribution is 7.15. The zero-order valence-electron chi connectivity index (χ0n) is 15.4. The Balaban J connectivity index is 1.48. The first kappa shape index (κ1) is 18.1. The second kappa shape index (κ2) is 7.76. The van der Waals surface area contributed by atoms with E-state index in [1.165, 1.54) is 30.6 Å². The molecule has 2 heterocycles. The number of nitrogens with zero attached hydrogens (tertiary/aromatic N) is 3. The fourth-order valence-corrected chi connectivity index (χ4v) is 5.12. The highest BCUT2D eigenvalue weighted by Crippen LogP contribution is 2.39. The van der Waals surface area contributed by atoms with E-state index in [2.05, 4.69) is 15.5 Å². The van der Waals surface area contributed by atoms with E-state index in [0.29, 0.717) is 11.0 Å². The van der Waals surface area contributed by atoms with E-state index in [4.69, 9.17) is 0 Å². The van der Waals surface area contributed by atoms with Crippen LogP contribution in [0.4, 0.5) is 5.13 Å². The molecule has 0 unspecified atom stereocenters. The predicted octanol–water partition coefficient (Wildman–Crippen LogP) is 3.74. The lowest BCUT2D eigenvalue weighted by molar-refractivity contribution is -0.127. The molecule has 2 fully saturated rings. The van der Waals surface area contributed by atoms with Crippen LogP contribution in [0.1, 0.15) is 61.1 Å². The van der Waals surface area contributed by atoms with Crippen LogP contribution in [0.5, 0.6) is 0 Å². The lowest BCUT2D eigenvalue weighted by Gasteiger charge is -2.24. The quantitative estimate of drug-likeness (QED) is 0.871. The van der Waals surface area contributed by atoms with Crippen molar-refractivity contribution in [3.8, 4) is 0 Å². The van der Waals surface area contributed by atoms with Crippen LogP contribution in [-0.2, 0) is 9.59 Å². The zero-order chi connectivity index (χ0) is 18.8. The molecule has 6 nitrogen and oxygen atoms in total. The Morgan fingerprint density at radius 2 is 1.89 bits per heavy atom. The van der Waals surface area contributed by atoms with E-state index in [1.54, 1.807) is 11.9 Å². The number of hydrogen-bond acceptors (Lipinski definition) is 5. The summed E-state index contributed by atoms with van der Waals surface area (Å²) in [4.78, 5) is 26.9. The van der Waals surface area contributed by atoms with Gasteiger partial charge >= 0.3 is 0 Å². The van der Waals surface area contributed by atoms with Gasteiger partial charge in [0.1, 0.15) is 5.01 Å². The van der Waals surface area contributed by atoms with Crippen molar-refractivity contribution < 1.29 is 9.59 Å². The van der Waals surface area contributed by atoms with Gasteiger partial charge in [-0.3, -0.25) is 9.59 Å². The van der Waals surface area contributed by atoms with Crippen molar-refractivity contribution in [2.45, 2.75) is 50.5 Å². The maximum atomic E-state index is 12.9. The molecule has 2 aromatic rings. The molecule has 1 aromatic carbocycles. The minimum absolute atomic E-state index is 0.0100. The Morgan fingerprint density at radius 1 is 1.15 bits per heavy atom. The summed E-state index contributed by atoms with van der Waals surface area (Å²) in [5, 5.41) is 12.9. The van der Waals surface area contributed by atoms with Crippen molar-refractivity contribution in [2.24, 2.45) is 5.92 Å². The van der Waals surface area contributed by atoms with E-state index >= 15 is 0 Å². The summed E-state index contributed by atoms with van der Waals surface area (Å²) in [5.41, 5.74) is 0.978. The molecule has 1 aliphatic carbocycles. The Bertz CT molecular complexity index is 816. The molecule has 142 valence electrons. The third kappa shape index (κ3) is 3.74. The van der Waals surface area contributed by atoms with Gasteiger partial charge in [0.15, 0.2) is 0 Å². The molecule has 1 aliphatic heterocycles. The smallest absolute Gasteiger partial charge is 0.232 e. The molecule has 1 saturated carbocycles. The van der Waals surface area contributed by atoms with Crippen LogP contribution < -0.4 is 5.32 Å². The van der Waals surface area contributed by atoms with E-state index in [9.17, 15) is 9.59 Å². The van der Waals surface area contributed by atoms with Gasteiger partial charge in [-0.2, -0.15) is 0 Å². The van der Waals surface area contributed by atoms with Crippen LogP contribution in [-0.4, -0.2) is 34.0 Å². The molecular formula is C20H24N4O2S. The van der Waals surface area contributed by atoms with E-state index in [1.807, 2.05) is 30.3 Å². The van der Waals surface area contributed by atoms with Gasteiger partial charge in [-0.15, -0.1) is 10.2 Å². The number of anilines is 1. The molecule has 2 aliphatic rings. The summed E-state index contributed by atoms with van der Waals surface area (Å²) in [6.45, 7) is 0. The number of hydrogen-bond donors (Lipinski definition) is 1. The third-order valence-corrected chi connectivity index (χ3v) is 6.69. The van der Waals surface area contributed by atoms with Crippen LogP contribution in [0.15, 0.2) is 30.3 Å². The summed E-state index contributed by atoms with van der Waals surface area (Å²) < 4.78 is 0. The standard InChI is InChI=1S/C20H24N4O2S/c1-24-16(25)12-15(17(24)13-8-4-2-5-9-13)18(26)21-20-23-22-19(27-20)14-10-6-3-7-11-14/h2,4-5,8-9,14-15,17H,3,6-7,10-12H2,1H3,(H,21,23,26)/t15-,17-/m0/s1. The van der Waals surface area contributed by atoms with Crippen LogP contribution in [0, 0.1) is 5.92 Å². The van der Waals surface area contributed by atoms with Crippen LogP contribution in [0.2, 0.25) is 0 Å². The Kier molecular flexibility index (Phi) is 5.20. The average Bonchev–Trinajstić information content (AvgIpc) is 3.28. The average molecular weight is 385 g/mol. The van der Waals surface area contributed by atoms with E-state index in [0.717, 1.165) is 23.4 Å². The van der Waals surface area contributed by atoms with Crippen LogP contribution in [0.3, 0.4) is 0 Å². The molecule has 2 amide bonds. The number of likely N-dealkylation sites (tertiary alicyclic amines) is 1. The van der Waals surface area contributed by atoms with Gasteiger partial charge in [0.2, 0.25) is 16.9 Å². The summed E-state index contributed by atoms with van der Waals surface area (Å²) in [6, 6.07) is 9.48. The van der Waals surface area contributed by atoms with Crippen molar-refractivity contribution in [2.75, 3.05) is 12.4 Å². The second-order valence-electron chi connectivity index (χ2n) is 7.44. The van der Waals surface area contributed by atoms with Gasteiger partial charge in [-0.05, 0) is 18.4 Å². The Labute approximate surface area is 163 Å². The van der Waals surface area contributed by atoms with E-state index < -0.39 is 5.92 Å². The van der Waals surface area contributed by atoms with Gasteiger partial charge in [-0.25, -0.2) is 0 Å². The third-order valence-electron chi connectivity index (χ3n) is 5.69. The van der Waals surface area contributed by atoms with E-state index in [-0.39, 0.29) is 24.3 Å². The van der Waals surface area contributed by atoms with Gasteiger partial charge in [0.25, 0.3) is 0 Å². The molecule has 0 spiro atoms. The number of benzene rings is 1. The Morgan fingerprint density at radius 3 is 2.63 bits per heavy atom. The number of amides is 2. The molecule has 0 radical (unpaired) electrons. The van der Waals surface area contributed by atoms with Crippen molar-refractivity contribution in [3.63, 3.8) is 0 Å². The number of carbonyl (C=O) groups excluding carboxylic acids is 2. The number of rotatable bonds is 4. The zero-order valence-corrected chi connectivity index (χ0v) is 16.2. The normalized spacial score (nSPS) is 23.6. The summed E-state index contributed by atoms with van der Waals surface area (Å²) in [6.07, 6.45) is 6.29. The van der Waals surface area contributed by atoms with Crippen molar-refractivity contribution in [3.05, 3.63) is 40.9 Å². The fourth-order valence-electron chi connectivity index (χ4n) is 4.21. The fraction of sp³-hybridized carbons (Fsp3) is 0.500. The SMILES string of the molecule is CN1C(=O)C[C@H](C(=O)Nc2nnc(C3CCCCC3)s2)[C@@H]1c1ccccc1. The molecule has 1 saturated heterocycles. The number of carbonyl (C=O) groups is 2.